The molecule has 168 valence electrons. The van der Waals surface area contributed by atoms with Gasteiger partial charge in [-0.15, -0.1) is 0 Å². The van der Waals surface area contributed by atoms with Crippen LogP contribution in [0.15, 0.2) is 54.2 Å². The molecule has 3 aromatic rings. The molecule has 0 bridgehead atoms. The number of carbonyl (C=O) groups excluding carboxylic acids is 3. The van der Waals surface area contributed by atoms with Crippen molar-refractivity contribution in [2.45, 2.75) is 6.92 Å². The first-order valence-electron chi connectivity index (χ1n) is 10.9. The number of hydrogen-bond donors (Lipinski definition) is 0. The number of ketones is 1. The zero-order valence-electron chi connectivity index (χ0n) is 18.4. The highest BCUT2D eigenvalue weighted by molar-refractivity contribution is 6.26. The maximum absolute atomic E-state index is 13.0. The van der Waals surface area contributed by atoms with Crippen LogP contribution in [-0.2, 0) is 9.53 Å². The van der Waals surface area contributed by atoms with E-state index in [0.29, 0.717) is 65.3 Å². The zero-order valence-corrected chi connectivity index (χ0v) is 18.4. The minimum absolute atomic E-state index is 0.119. The van der Waals surface area contributed by atoms with Gasteiger partial charge in [0.1, 0.15) is 0 Å². The van der Waals surface area contributed by atoms with Gasteiger partial charge in [-0.25, -0.2) is 4.98 Å². The number of amides is 2. The molecular formula is C26H20N4O4. The molecule has 8 nitrogen and oxygen atoms in total. The maximum Gasteiger partial charge on any atom is 0.254 e. The molecule has 34 heavy (non-hydrogen) atoms. The zero-order chi connectivity index (χ0) is 23.8. The highest BCUT2D eigenvalue weighted by Gasteiger charge is 2.34. The standard InChI is InChI=1S/C26H20N4O4/c1-16(31)30-23-5-3-2-4-20(23)25(32)24(30)14-19-12-18(15-27)21-13-17(6-7-22(21)28-19)26(33)29-8-10-34-11-9-29/h2-7,12-14H,8-11H2,1H3/b24-14+. The van der Waals surface area contributed by atoms with Crippen molar-refractivity contribution < 1.29 is 19.1 Å². The van der Waals surface area contributed by atoms with Crippen molar-refractivity contribution in [3.63, 3.8) is 0 Å². The number of allylic oxidation sites excluding steroid dienone is 1. The fourth-order valence-electron chi connectivity index (χ4n) is 4.33. The van der Waals surface area contributed by atoms with Gasteiger partial charge in [-0.2, -0.15) is 5.26 Å². The van der Waals surface area contributed by atoms with Crippen molar-refractivity contribution in [3.8, 4) is 6.07 Å². The topological polar surface area (TPSA) is 104 Å². The molecule has 5 rings (SSSR count). The number of carbonyl (C=O) groups is 3. The lowest BCUT2D eigenvalue weighted by molar-refractivity contribution is -0.116. The van der Waals surface area contributed by atoms with E-state index < -0.39 is 0 Å². The molecule has 0 saturated carbocycles. The van der Waals surface area contributed by atoms with Crippen molar-refractivity contribution in [2.75, 3.05) is 31.2 Å². The Morgan fingerprint density at radius 1 is 1.12 bits per heavy atom. The fourth-order valence-corrected chi connectivity index (χ4v) is 4.33. The summed E-state index contributed by atoms with van der Waals surface area (Å²) < 4.78 is 5.31. The average molecular weight is 452 g/mol. The monoisotopic (exact) mass is 452 g/mol. The van der Waals surface area contributed by atoms with Gasteiger partial charge >= 0.3 is 0 Å². The molecule has 2 aliphatic heterocycles. The van der Waals surface area contributed by atoms with Gasteiger partial charge in [-0.3, -0.25) is 19.3 Å². The highest BCUT2D eigenvalue weighted by Crippen LogP contribution is 2.35. The van der Waals surface area contributed by atoms with Crippen molar-refractivity contribution in [3.05, 3.63) is 76.6 Å². The number of hydrogen-bond acceptors (Lipinski definition) is 6. The van der Waals surface area contributed by atoms with E-state index in [1.54, 1.807) is 53.4 Å². The number of para-hydroxylation sites is 1. The summed E-state index contributed by atoms with van der Waals surface area (Å²) in [4.78, 5) is 45.9. The number of morpholine rings is 1. The van der Waals surface area contributed by atoms with E-state index in [1.807, 2.05) is 0 Å². The first-order valence-corrected chi connectivity index (χ1v) is 10.9. The molecule has 2 amide bonds. The molecule has 2 aliphatic rings. The van der Waals surface area contributed by atoms with E-state index in [4.69, 9.17) is 4.74 Å². The molecule has 2 aromatic carbocycles. The second kappa shape index (κ2) is 8.54. The summed E-state index contributed by atoms with van der Waals surface area (Å²) in [5, 5.41) is 10.3. The van der Waals surface area contributed by atoms with Gasteiger partial charge in [0, 0.05) is 36.5 Å². The average Bonchev–Trinajstić information content (AvgIpc) is 3.15. The van der Waals surface area contributed by atoms with E-state index in [2.05, 4.69) is 11.1 Å². The number of aromatic nitrogens is 1. The first kappa shape index (κ1) is 21.5. The summed E-state index contributed by atoms with van der Waals surface area (Å²) in [5.41, 5.74) is 2.84. The number of fused-ring (bicyclic) bond motifs is 2. The number of anilines is 1. The third kappa shape index (κ3) is 3.62. The van der Waals surface area contributed by atoms with Crippen LogP contribution in [0.25, 0.3) is 17.0 Å². The quantitative estimate of drug-likeness (QED) is 0.554. The van der Waals surface area contributed by atoms with Gasteiger partial charge in [0.05, 0.1) is 47.4 Å². The van der Waals surface area contributed by atoms with Gasteiger partial charge in [0.25, 0.3) is 5.91 Å². The largest absolute Gasteiger partial charge is 0.378 e. The number of nitrogens with zero attached hydrogens (tertiary/aromatic N) is 4. The van der Waals surface area contributed by atoms with Crippen LogP contribution in [0, 0.1) is 11.3 Å². The molecule has 3 heterocycles. The Bertz CT molecular complexity index is 1430. The summed E-state index contributed by atoms with van der Waals surface area (Å²) in [5.74, 6) is -0.693. The smallest absolute Gasteiger partial charge is 0.254 e. The van der Waals surface area contributed by atoms with Crippen LogP contribution in [0.4, 0.5) is 5.69 Å². The van der Waals surface area contributed by atoms with E-state index in [0.717, 1.165) is 0 Å². The van der Waals surface area contributed by atoms with E-state index in [9.17, 15) is 19.6 Å². The summed E-state index contributed by atoms with van der Waals surface area (Å²) >= 11 is 0. The lowest BCUT2D eigenvalue weighted by Gasteiger charge is -2.27. The van der Waals surface area contributed by atoms with Crippen molar-refractivity contribution in [1.82, 2.24) is 9.88 Å². The third-order valence-corrected chi connectivity index (χ3v) is 5.96. The molecule has 0 spiro atoms. The lowest BCUT2D eigenvalue weighted by Crippen LogP contribution is -2.40. The molecular weight excluding hydrogens is 432 g/mol. The number of ether oxygens (including phenoxy) is 1. The molecule has 0 atom stereocenters. The Hall–Kier alpha value is -4.35. The van der Waals surface area contributed by atoms with Crippen LogP contribution in [0.5, 0.6) is 0 Å². The van der Waals surface area contributed by atoms with Crippen molar-refractivity contribution >= 4 is 40.3 Å². The van der Waals surface area contributed by atoms with Gasteiger partial charge < -0.3 is 9.64 Å². The number of pyridine rings is 1. The van der Waals surface area contributed by atoms with Crippen LogP contribution >= 0.6 is 0 Å². The third-order valence-electron chi connectivity index (χ3n) is 5.96. The Balaban J connectivity index is 1.56. The minimum Gasteiger partial charge on any atom is -0.378 e. The molecule has 0 N–H and O–H groups in total. The second-order valence-electron chi connectivity index (χ2n) is 8.07. The molecule has 1 fully saturated rings. The molecule has 1 saturated heterocycles. The summed E-state index contributed by atoms with van der Waals surface area (Å²) in [6.45, 7) is 3.45. The predicted molar refractivity (Wildman–Crippen MR) is 125 cm³/mol. The summed E-state index contributed by atoms with van der Waals surface area (Å²) in [6, 6.07) is 15.7. The predicted octanol–water partition coefficient (Wildman–Crippen LogP) is 3.17. The van der Waals surface area contributed by atoms with Crippen LogP contribution in [-0.4, -0.2) is 53.8 Å². The van der Waals surface area contributed by atoms with Crippen LogP contribution in [0.2, 0.25) is 0 Å². The first-order chi connectivity index (χ1) is 16.5. The van der Waals surface area contributed by atoms with Crippen LogP contribution in [0.1, 0.15) is 38.9 Å². The van der Waals surface area contributed by atoms with Gasteiger partial charge in [-0.1, -0.05) is 12.1 Å². The summed E-state index contributed by atoms with van der Waals surface area (Å²) in [6.07, 6.45) is 1.52. The number of benzene rings is 2. The number of rotatable bonds is 2. The molecule has 0 radical (unpaired) electrons. The van der Waals surface area contributed by atoms with E-state index in [1.165, 1.54) is 17.9 Å². The Morgan fingerprint density at radius 2 is 1.88 bits per heavy atom. The lowest BCUT2D eigenvalue weighted by atomic mass is 10.0. The van der Waals surface area contributed by atoms with E-state index in [-0.39, 0.29) is 23.3 Å². The Labute approximate surface area is 195 Å². The highest BCUT2D eigenvalue weighted by atomic mass is 16.5. The Morgan fingerprint density at radius 3 is 2.62 bits per heavy atom. The second-order valence-corrected chi connectivity index (χ2v) is 8.07. The molecule has 8 heteroatoms. The van der Waals surface area contributed by atoms with Crippen LogP contribution < -0.4 is 4.90 Å². The normalized spacial score (nSPS) is 16.6. The Kier molecular flexibility index (Phi) is 5.40. The minimum atomic E-state index is -0.294. The van der Waals surface area contributed by atoms with Gasteiger partial charge in [0.15, 0.2) is 0 Å². The number of Topliss-reactive ketones (excluding diaryl/α,β-unsaturated/α-hetero) is 1. The fraction of sp³-hybridized carbons (Fsp3) is 0.192. The SMILES string of the molecule is CC(=O)N1/C(=C/c2cc(C#N)c3cc(C(=O)N4CCOCC4)ccc3n2)C(=O)c2ccccc21. The molecule has 0 aliphatic carbocycles. The van der Waals surface area contributed by atoms with Gasteiger partial charge in [0.2, 0.25) is 11.7 Å². The van der Waals surface area contributed by atoms with E-state index >= 15 is 0 Å². The molecule has 1 aromatic heterocycles. The summed E-state index contributed by atoms with van der Waals surface area (Å²) in [7, 11) is 0. The van der Waals surface area contributed by atoms with Gasteiger partial charge in [-0.05, 0) is 42.5 Å². The maximum atomic E-state index is 13.0. The number of nitriles is 1. The molecule has 0 unspecified atom stereocenters. The van der Waals surface area contributed by atoms with Crippen molar-refractivity contribution in [2.24, 2.45) is 0 Å². The van der Waals surface area contributed by atoms with Crippen molar-refractivity contribution in [1.29, 1.82) is 5.26 Å². The van der Waals surface area contributed by atoms with Crippen LogP contribution in [0.3, 0.4) is 0 Å².